The highest BCUT2D eigenvalue weighted by atomic mass is 14.7. The van der Waals surface area contributed by atoms with E-state index in [0.717, 1.165) is 0 Å². The molecule has 0 saturated carbocycles. The average molecular weight is 188 g/mol. The van der Waals surface area contributed by atoms with Gasteiger partial charge in [-0.25, -0.2) is 4.98 Å². The van der Waals surface area contributed by atoms with E-state index in [1.165, 1.54) is 5.56 Å². The molecule has 0 atom stereocenters. The summed E-state index contributed by atoms with van der Waals surface area (Å²) in [6.07, 6.45) is 1.80. The van der Waals surface area contributed by atoms with Crippen molar-refractivity contribution in [2.45, 2.75) is 33.1 Å². The highest BCUT2D eigenvalue weighted by Crippen LogP contribution is 2.30. The fraction of sp³-hybridized carbons (Fsp3) is 0.500. The van der Waals surface area contributed by atoms with E-state index in [9.17, 15) is 0 Å². The van der Waals surface area contributed by atoms with Gasteiger partial charge in [0.05, 0.1) is 0 Å². The van der Waals surface area contributed by atoms with Crippen LogP contribution in [0, 0.1) is 17.2 Å². The van der Waals surface area contributed by atoms with Crippen molar-refractivity contribution in [1.82, 2.24) is 4.98 Å². The molecule has 14 heavy (non-hydrogen) atoms. The minimum Gasteiger partial charge on any atom is -0.245 e. The first-order valence-electron chi connectivity index (χ1n) is 4.85. The summed E-state index contributed by atoms with van der Waals surface area (Å²) in [6.45, 7) is 8.78. The average Bonchev–Trinajstić information content (AvgIpc) is 2.17. The molecule has 0 aliphatic carbocycles. The molecule has 0 amide bonds. The van der Waals surface area contributed by atoms with Gasteiger partial charge in [0, 0.05) is 6.20 Å². The monoisotopic (exact) mass is 188 g/mol. The number of aromatic nitrogens is 1. The van der Waals surface area contributed by atoms with Crippen LogP contribution < -0.4 is 0 Å². The largest absolute Gasteiger partial charge is 0.245 e. The van der Waals surface area contributed by atoms with Gasteiger partial charge in [0.15, 0.2) is 0 Å². The normalized spacial score (nSPS) is 11.4. The van der Waals surface area contributed by atoms with E-state index in [2.05, 4.69) is 32.7 Å². The smallest absolute Gasteiger partial charge is 0.140 e. The third-order valence-electron chi connectivity index (χ3n) is 3.07. The van der Waals surface area contributed by atoms with Gasteiger partial charge in [0.2, 0.25) is 0 Å². The first kappa shape index (κ1) is 10.7. The lowest BCUT2D eigenvalue weighted by Crippen LogP contribution is -2.24. The third kappa shape index (κ3) is 1.93. The number of hydrogen-bond donors (Lipinski definition) is 0. The predicted octanol–water partition coefficient (Wildman–Crippen LogP) is 2.89. The first-order valence-corrected chi connectivity index (χ1v) is 4.85. The molecule has 2 heteroatoms. The van der Waals surface area contributed by atoms with Crippen molar-refractivity contribution in [2.24, 2.45) is 5.92 Å². The van der Waals surface area contributed by atoms with Gasteiger partial charge in [-0.05, 0) is 23.0 Å². The molecular weight excluding hydrogens is 172 g/mol. The summed E-state index contributed by atoms with van der Waals surface area (Å²) in [5.74, 6) is 0.553. The van der Waals surface area contributed by atoms with Gasteiger partial charge in [-0.2, -0.15) is 5.26 Å². The lowest BCUT2D eigenvalue weighted by atomic mass is 9.76. The Balaban J connectivity index is 3.04. The second-order valence-electron chi connectivity index (χ2n) is 4.42. The van der Waals surface area contributed by atoms with E-state index in [1.807, 2.05) is 12.1 Å². The highest BCUT2D eigenvalue weighted by Gasteiger charge is 2.24. The quantitative estimate of drug-likeness (QED) is 0.715. The van der Waals surface area contributed by atoms with E-state index in [0.29, 0.717) is 11.6 Å². The van der Waals surface area contributed by atoms with Gasteiger partial charge in [-0.1, -0.05) is 33.8 Å². The van der Waals surface area contributed by atoms with Gasteiger partial charge in [-0.15, -0.1) is 0 Å². The van der Waals surface area contributed by atoms with Crippen molar-refractivity contribution in [3.8, 4) is 6.07 Å². The maximum Gasteiger partial charge on any atom is 0.140 e. The van der Waals surface area contributed by atoms with E-state index >= 15 is 0 Å². The summed E-state index contributed by atoms with van der Waals surface area (Å²) in [6, 6.07) is 5.79. The number of nitrogens with zero attached hydrogens (tertiary/aromatic N) is 2. The summed E-state index contributed by atoms with van der Waals surface area (Å²) < 4.78 is 0. The fourth-order valence-corrected chi connectivity index (χ4v) is 1.17. The molecule has 74 valence electrons. The van der Waals surface area contributed by atoms with E-state index in [1.54, 1.807) is 12.3 Å². The molecule has 2 nitrogen and oxygen atoms in total. The molecule has 0 aromatic carbocycles. The zero-order chi connectivity index (χ0) is 10.8. The van der Waals surface area contributed by atoms with Crippen molar-refractivity contribution in [1.29, 1.82) is 5.26 Å². The maximum absolute atomic E-state index is 8.63. The molecule has 1 aromatic rings. The number of nitriles is 1. The summed E-state index contributed by atoms with van der Waals surface area (Å²) in [7, 11) is 0. The molecule has 0 spiro atoms. The Morgan fingerprint density at radius 1 is 1.36 bits per heavy atom. The van der Waals surface area contributed by atoms with Crippen molar-refractivity contribution >= 4 is 0 Å². The summed E-state index contributed by atoms with van der Waals surface area (Å²) >= 11 is 0. The highest BCUT2D eigenvalue weighted by molar-refractivity contribution is 5.27. The zero-order valence-corrected chi connectivity index (χ0v) is 9.20. The number of hydrogen-bond acceptors (Lipinski definition) is 2. The van der Waals surface area contributed by atoms with Crippen molar-refractivity contribution in [3.05, 3.63) is 29.6 Å². The summed E-state index contributed by atoms with van der Waals surface area (Å²) in [4.78, 5) is 4.08. The lowest BCUT2D eigenvalue weighted by Gasteiger charge is -2.29. The second kappa shape index (κ2) is 3.79. The van der Waals surface area contributed by atoms with E-state index in [-0.39, 0.29) is 5.41 Å². The minimum atomic E-state index is 0.112. The zero-order valence-electron chi connectivity index (χ0n) is 9.20. The Morgan fingerprint density at radius 2 is 2.00 bits per heavy atom. The lowest BCUT2D eigenvalue weighted by molar-refractivity contribution is 0.371. The molecule has 0 aliphatic rings. The molecule has 1 rings (SSSR count). The van der Waals surface area contributed by atoms with Crippen molar-refractivity contribution in [3.63, 3.8) is 0 Å². The van der Waals surface area contributed by atoms with Gasteiger partial charge >= 0.3 is 0 Å². The fourth-order valence-electron chi connectivity index (χ4n) is 1.17. The third-order valence-corrected chi connectivity index (χ3v) is 3.07. The molecule has 0 bridgehead atoms. The Hall–Kier alpha value is -1.36. The Morgan fingerprint density at radius 3 is 2.36 bits per heavy atom. The molecule has 0 N–H and O–H groups in total. The van der Waals surface area contributed by atoms with Crippen molar-refractivity contribution in [2.75, 3.05) is 0 Å². The minimum absolute atomic E-state index is 0.112. The molecule has 0 saturated heterocycles. The van der Waals surface area contributed by atoms with Crippen LogP contribution in [0.2, 0.25) is 0 Å². The topological polar surface area (TPSA) is 36.7 Å². The van der Waals surface area contributed by atoms with E-state index in [4.69, 9.17) is 5.26 Å². The van der Waals surface area contributed by atoms with Crippen LogP contribution >= 0.6 is 0 Å². The van der Waals surface area contributed by atoms with Crippen LogP contribution in [0.1, 0.15) is 39.0 Å². The molecule has 0 radical (unpaired) electrons. The number of rotatable bonds is 2. The standard InChI is InChI=1S/C12H16N2/c1-9(2)12(3,4)10-5-6-11(7-13)14-8-10/h5-6,8-9H,1-4H3. The second-order valence-corrected chi connectivity index (χ2v) is 4.42. The first-order chi connectivity index (χ1) is 6.48. The Labute approximate surface area is 85.6 Å². The molecular formula is C12H16N2. The van der Waals surface area contributed by atoms with Gasteiger partial charge in [0.1, 0.15) is 11.8 Å². The predicted molar refractivity (Wildman–Crippen MR) is 56.8 cm³/mol. The Kier molecular flexibility index (Phi) is 2.90. The van der Waals surface area contributed by atoms with E-state index < -0.39 is 0 Å². The van der Waals surface area contributed by atoms with Gasteiger partial charge < -0.3 is 0 Å². The van der Waals surface area contributed by atoms with Gasteiger partial charge in [-0.3, -0.25) is 0 Å². The van der Waals surface area contributed by atoms with Crippen LogP contribution in [-0.2, 0) is 5.41 Å². The number of pyridine rings is 1. The summed E-state index contributed by atoms with van der Waals surface area (Å²) in [5, 5.41) is 8.63. The van der Waals surface area contributed by atoms with Gasteiger partial charge in [0.25, 0.3) is 0 Å². The van der Waals surface area contributed by atoms with Crippen LogP contribution in [-0.4, -0.2) is 4.98 Å². The summed E-state index contributed by atoms with van der Waals surface area (Å²) in [5.41, 5.74) is 1.78. The Bertz CT molecular complexity index is 342. The molecule has 0 aliphatic heterocycles. The molecule has 1 aromatic heterocycles. The van der Waals surface area contributed by atoms with Crippen LogP contribution in [0.4, 0.5) is 0 Å². The van der Waals surface area contributed by atoms with Crippen LogP contribution in [0.3, 0.4) is 0 Å². The molecule has 0 unspecified atom stereocenters. The molecule has 0 fully saturated rings. The van der Waals surface area contributed by atoms with Crippen LogP contribution in [0.15, 0.2) is 18.3 Å². The van der Waals surface area contributed by atoms with Crippen molar-refractivity contribution < 1.29 is 0 Å². The molecule has 1 heterocycles. The maximum atomic E-state index is 8.63. The van der Waals surface area contributed by atoms with Crippen LogP contribution in [0.25, 0.3) is 0 Å². The van der Waals surface area contributed by atoms with Crippen LogP contribution in [0.5, 0.6) is 0 Å². The SMILES string of the molecule is CC(C)C(C)(C)c1ccc(C#N)nc1.